The Kier molecular flexibility index (Phi) is 2.04. The first-order valence-electron chi connectivity index (χ1n) is 4.57. The van der Waals surface area contributed by atoms with Gasteiger partial charge in [-0.05, 0) is 12.8 Å². The molecule has 0 aromatic heterocycles. The van der Waals surface area contributed by atoms with Crippen LogP contribution in [0.15, 0.2) is 12.2 Å². The third-order valence-corrected chi connectivity index (χ3v) is 2.38. The van der Waals surface area contributed by atoms with Gasteiger partial charge in [-0.2, -0.15) is 0 Å². The lowest BCUT2D eigenvalue weighted by atomic mass is 10.2. The minimum Gasteiger partial charge on any atom is -0.273 e. The van der Waals surface area contributed by atoms with Gasteiger partial charge in [-0.25, -0.2) is 5.01 Å². The molecule has 2 heterocycles. The maximum Gasteiger partial charge on any atom is 0.264 e. The highest BCUT2D eigenvalue weighted by atomic mass is 16.2. The van der Waals surface area contributed by atoms with Gasteiger partial charge in [-0.3, -0.25) is 14.6 Å². The summed E-state index contributed by atoms with van der Waals surface area (Å²) in [5, 5.41) is 3.13. The summed E-state index contributed by atoms with van der Waals surface area (Å²) >= 11 is 0. The van der Waals surface area contributed by atoms with Crippen LogP contribution in [0.3, 0.4) is 0 Å². The lowest BCUT2D eigenvalue weighted by molar-refractivity contribution is -0.162. The molecule has 0 radical (unpaired) electrons. The van der Waals surface area contributed by atoms with Gasteiger partial charge in [0.05, 0.1) is 0 Å². The third-order valence-electron chi connectivity index (χ3n) is 2.38. The smallest absolute Gasteiger partial charge is 0.264 e. The molecule has 13 heavy (non-hydrogen) atoms. The Hall–Kier alpha value is -1.32. The number of nitrogens with zero attached hydrogens (tertiary/aromatic N) is 2. The normalized spacial score (nSPS) is 23.1. The maximum atomic E-state index is 11.5. The van der Waals surface area contributed by atoms with E-state index < -0.39 is 0 Å². The highest BCUT2D eigenvalue weighted by molar-refractivity contribution is 5.92. The Bertz CT molecular complexity index is 273. The van der Waals surface area contributed by atoms with E-state index in [1.807, 2.05) is 0 Å². The largest absolute Gasteiger partial charge is 0.273 e. The molecule has 2 aliphatic rings. The molecule has 0 unspecified atom stereocenters. The van der Waals surface area contributed by atoms with Crippen molar-refractivity contribution in [2.75, 3.05) is 13.1 Å². The first-order valence-corrected chi connectivity index (χ1v) is 4.57. The van der Waals surface area contributed by atoms with Gasteiger partial charge in [-0.1, -0.05) is 6.08 Å². The number of carbonyl (C=O) groups is 2. The van der Waals surface area contributed by atoms with Crippen molar-refractivity contribution >= 4 is 11.8 Å². The summed E-state index contributed by atoms with van der Waals surface area (Å²) in [5.41, 5.74) is 0. The summed E-state index contributed by atoms with van der Waals surface area (Å²) in [6.07, 6.45) is 5.47. The predicted octanol–water partition coefficient (Wildman–Crippen LogP) is 0.312. The topological polar surface area (TPSA) is 40.6 Å². The van der Waals surface area contributed by atoms with Crippen molar-refractivity contribution in [3.05, 3.63) is 12.2 Å². The molecule has 4 heteroatoms. The van der Waals surface area contributed by atoms with Crippen LogP contribution in [-0.4, -0.2) is 34.9 Å². The van der Waals surface area contributed by atoms with Crippen LogP contribution in [0.1, 0.15) is 19.3 Å². The molecule has 4 nitrogen and oxygen atoms in total. The van der Waals surface area contributed by atoms with Crippen molar-refractivity contribution in [1.29, 1.82) is 0 Å². The molecule has 0 aliphatic carbocycles. The van der Waals surface area contributed by atoms with Gasteiger partial charge in [0.15, 0.2) is 0 Å². The van der Waals surface area contributed by atoms with Crippen LogP contribution in [0, 0.1) is 0 Å². The molecule has 1 fully saturated rings. The minimum atomic E-state index is -0.0643. The Morgan fingerprint density at radius 2 is 1.77 bits per heavy atom. The molecule has 0 bridgehead atoms. The van der Waals surface area contributed by atoms with E-state index in [0.717, 1.165) is 12.8 Å². The second-order valence-corrected chi connectivity index (χ2v) is 3.29. The molecule has 0 aromatic rings. The molecular weight excluding hydrogens is 168 g/mol. The Morgan fingerprint density at radius 3 is 2.54 bits per heavy atom. The number of hydrogen-bond donors (Lipinski definition) is 0. The zero-order valence-corrected chi connectivity index (χ0v) is 7.40. The average molecular weight is 180 g/mol. The lowest BCUT2D eigenvalue weighted by Crippen LogP contribution is -2.51. The van der Waals surface area contributed by atoms with Crippen LogP contribution in [-0.2, 0) is 9.59 Å². The van der Waals surface area contributed by atoms with E-state index in [0.29, 0.717) is 19.5 Å². The van der Waals surface area contributed by atoms with E-state index in [4.69, 9.17) is 0 Å². The first kappa shape index (κ1) is 8.29. The summed E-state index contributed by atoms with van der Waals surface area (Å²) in [5.74, 6) is -0.0349. The molecule has 0 spiro atoms. The Labute approximate surface area is 76.8 Å². The van der Waals surface area contributed by atoms with E-state index in [1.54, 1.807) is 16.1 Å². The zero-order valence-electron chi connectivity index (χ0n) is 7.40. The lowest BCUT2D eigenvalue weighted by Gasteiger charge is -2.36. The van der Waals surface area contributed by atoms with Crippen molar-refractivity contribution in [2.45, 2.75) is 19.3 Å². The molecule has 0 saturated carbocycles. The van der Waals surface area contributed by atoms with Crippen LogP contribution < -0.4 is 0 Å². The van der Waals surface area contributed by atoms with Gasteiger partial charge in [0.2, 0.25) is 5.91 Å². The van der Waals surface area contributed by atoms with E-state index in [-0.39, 0.29) is 11.8 Å². The van der Waals surface area contributed by atoms with Gasteiger partial charge < -0.3 is 0 Å². The highest BCUT2D eigenvalue weighted by Gasteiger charge is 2.28. The summed E-state index contributed by atoms with van der Waals surface area (Å²) < 4.78 is 0. The van der Waals surface area contributed by atoms with E-state index in [9.17, 15) is 9.59 Å². The molecule has 2 amide bonds. The second kappa shape index (κ2) is 3.20. The fourth-order valence-corrected chi connectivity index (χ4v) is 1.71. The molecule has 2 rings (SSSR count). The van der Waals surface area contributed by atoms with Crippen LogP contribution in [0.5, 0.6) is 0 Å². The quantitative estimate of drug-likeness (QED) is 0.538. The van der Waals surface area contributed by atoms with E-state index >= 15 is 0 Å². The number of carbonyl (C=O) groups excluding carboxylic acids is 2. The molecule has 0 N–H and O–H groups in total. The highest BCUT2D eigenvalue weighted by Crippen LogP contribution is 2.15. The van der Waals surface area contributed by atoms with Crippen LogP contribution in [0.25, 0.3) is 0 Å². The molecule has 0 atom stereocenters. The zero-order chi connectivity index (χ0) is 9.26. The molecular formula is C9H12N2O2. The fraction of sp³-hybridized carbons (Fsp3) is 0.556. The maximum absolute atomic E-state index is 11.5. The number of rotatable bonds is 0. The molecule has 1 saturated heterocycles. The second-order valence-electron chi connectivity index (χ2n) is 3.29. The van der Waals surface area contributed by atoms with Crippen LogP contribution >= 0.6 is 0 Å². The first-order chi connectivity index (χ1) is 6.29. The summed E-state index contributed by atoms with van der Waals surface area (Å²) in [7, 11) is 0. The van der Waals surface area contributed by atoms with Crippen molar-refractivity contribution < 1.29 is 9.59 Å². The molecule has 2 aliphatic heterocycles. The van der Waals surface area contributed by atoms with Crippen molar-refractivity contribution in [3.63, 3.8) is 0 Å². The van der Waals surface area contributed by atoms with Crippen molar-refractivity contribution in [2.24, 2.45) is 0 Å². The van der Waals surface area contributed by atoms with Gasteiger partial charge in [0, 0.05) is 25.6 Å². The molecule has 0 aromatic carbocycles. The van der Waals surface area contributed by atoms with Gasteiger partial charge in [-0.15, -0.1) is 0 Å². The number of fused-ring (bicyclic) bond motifs is 1. The Balaban J connectivity index is 2.23. The van der Waals surface area contributed by atoms with E-state index in [2.05, 4.69) is 0 Å². The van der Waals surface area contributed by atoms with Crippen molar-refractivity contribution in [1.82, 2.24) is 10.0 Å². The van der Waals surface area contributed by atoms with Crippen LogP contribution in [0.4, 0.5) is 0 Å². The average Bonchev–Trinajstić information content (AvgIpc) is 2.29. The van der Waals surface area contributed by atoms with Crippen molar-refractivity contribution in [3.8, 4) is 0 Å². The van der Waals surface area contributed by atoms with Gasteiger partial charge in [0.1, 0.15) is 0 Å². The van der Waals surface area contributed by atoms with E-state index in [1.165, 1.54) is 6.08 Å². The van der Waals surface area contributed by atoms with Gasteiger partial charge in [0.25, 0.3) is 5.91 Å². The summed E-state index contributed by atoms with van der Waals surface area (Å²) in [4.78, 5) is 22.9. The van der Waals surface area contributed by atoms with Gasteiger partial charge >= 0.3 is 0 Å². The fourth-order valence-electron chi connectivity index (χ4n) is 1.71. The SMILES string of the molecule is O=C1C=CCC(=O)N2CCCCN12. The van der Waals surface area contributed by atoms with Crippen LogP contribution in [0.2, 0.25) is 0 Å². The number of amides is 2. The standard InChI is InChI=1S/C9H12N2O2/c12-8-4-3-5-9(13)11-7-2-1-6-10(8)11/h3-4H,1-2,5-7H2. The summed E-state index contributed by atoms with van der Waals surface area (Å²) in [6, 6.07) is 0. The summed E-state index contributed by atoms with van der Waals surface area (Å²) in [6.45, 7) is 1.36. The predicted molar refractivity (Wildman–Crippen MR) is 46.4 cm³/mol. The Morgan fingerprint density at radius 1 is 1.08 bits per heavy atom. The minimum absolute atomic E-state index is 0.0294. The number of hydrogen-bond acceptors (Lipinski definition) is 2. The molecule has 70 valence electrons. The monoisotopic (exact) mass is 180 g/mol. The number of hydrazine groups is 1. The third kappa shape index (κ3) is 1.43.